The molecule has 0 aromatic carbocycles. The second-order valence-corrected chi connectivity index (χ2v) is 7.57. The average Bonchev–Trinajstić information content (AvgIpc) is 2.46. The Hall–Kier alpha value is -0.0900. The Kier molecular flexibility index (Phi) is 1.34. The van der Waals surface area contributed by atoms with Gasteiger partial charge in [0.15, 0.2) is 0 Å². The summed E-state index contributed by atoms with van der Waals surface area (Å²) in [5, 5.41) is -0.235. The van der Waals surface area contributed by atoms with E-state index in [-0.39, 0.29) is 22.2 Å². The highest BCUT2D eigenvalue weighted by Crippen LogP contribution is 2.70. The van der Waals surface area contributed by atoms with Gasteiger partial charge in [-0.3, -0.25) is 4.18 Å². The van der Waals surface area contributed by atoms with Crippen LogP contribution in [0.1, 0.15) is 33.6 Å². The summed E-state index contributed by atoms with van der Waals surface area (Å²) >= 11 is 0. The summed E-state index contributed by atoms with van der Waals surface area (Å²) in [4.78, 5) is 0. The van der Waals surface area contributed by atoms with Crippen LogP contribution in [0.5, 0.6) is 0 Å². The van der Waals surface area contributed by atoms with Crippen molar-refractivity contribution in [2.45, 2.75) is 45.0 Å². The molecule has 0 radical (unpaired) electrons. The third kappa shape index (κ3) is 0.735. The average molecular weight is 216 g/mol. The van der Waals surface area contributed by atoms with Crippen LogP contribution in [0, 0.1) is 16.7 Å². The Balaban J connectivity index is 2.21. The summed E-state index contributed by atoms with van der Waals surface area (Å²) in [5.41, 5.74) is 0.0840. The van der Waals surface area contributed by atoms with Crippen LogP contribution in [0.4, 0.5) is 0 Å². The minimum absolute atomic E-state index is 0.0590. The molecule has 3 aliphatic rings. The number of hydrogen-bond acceptors (Lipinski definition) is 3. The SMILES string of the molecule is CC1C2OS(=O)(=O)C3C[C@@]1(C)CC23C. The first-order valence-electron chi connectivity index (χ1n) is 5.22. The number of hydrogen-bond donors (Lipinski definition) is 0. The topological polar surface area (TPSA) is 43.4 Å². The predicted molar refractivity (Wildman–Crippen MR) is 52.2 cm³/mol. The van der Waals surface area contributed by atoms with E-state index in [1.54, 1.807) is 0 Å². The third-order valence-corrected chi connectivity index (χ3v) is 6.84. The molecule has 0 N–H and O–H groups in total. The summed E-state index contributed by atoms with van der Waals surface area (Å²) in [6, 6.07) is 0. The zero-order chi connectivity index (χ0) is 10.4. The molecule has 0 aromatic rings. The molecule has 80 valence electrons. The zero-order valence-electron chi connectivity index (χ0n) is 8.78. The first-order valence-corrected chi connectivity index (χ1v) is 6.69. The van der Waals surface area contributed by atoms with Gasteiger partial charge in [-0.2, -0.15) is 8.42 Å². The van der Waals surface area contributed by atoms with Gasteiger partial charge in [0.1, 0.15) is 0 Å². The molecule has 1 saturated heterocycles. The lowest BCUT2D eigenvalue weighted by Gasteiger charge is -2.32. The highest BCUT2D eigenvalue weighted by molar-refractivity contribution is 7.87. The van der Waals surface area contributed by atoms with Crippen molar-refractivity contribution in [2.24, 2.45) is 16.7 Å². The van der Waals surface area contributed by atoms with Gasteiger partial charge in [-0.15, -0.1) is 0 Å². The Labute approximate surface area is 85.0 Å². The van der Waals surface area contributed by atoms with Crippen LogP contribution in [0.15, 0.2) is 0 Å². The third-order valence-electron chi connectivity index (χ3n) is 4.96. The summed E-state index contributed by atoms with van der Waals surface area (Å²) in [7, 11) is -3.26. The van der Waals surface area contributed by atoms with E-state index in [1.165, 1.54) is 0 Å². The molecule has 1 heterocycles. The molecule has 4 unspecified atom stereocenters. The van der Waals surface area contributed by atoms with Crippen LogP contribution >= 0.6 is 0 Å². The van der Waals surface area contributed by atoms with Gasteiger partial charge in [-0.05, 0) is 24.2 Å². The molecule has 3 fully saturated rings. The van der Waals surface area contributed by atoms with Gasteiger partial charge >= 0.3 is 0 Å². The minimum Gasteiger partial charge on any atom is -0.266 e. The Morgan fingerprint density at radius 2 is 2.00 bits per heavy atom. The first-order chi connectivity index (χ1) is 6.30. The molecule has 0 spiro atoms. The molecular weight excluding hydrogens is 200 g/mol. The fourth-order valence-electron chi connectivity index (χ4n) is 4.12. The molecule has 2 aliphatic carbocycles. The van der Waals surface area contributed by atoms with E-state index in [0.717, 1.165) is 12.8 Å². The van der Waals surface area contributed by atoms with E-state index in [1.807, 2.05) is 0 Å². The summed E-state index contributed by atoms with van der Waals surface area (Å²) in [5.74, 6) is 0.376. The first kappa shape index (κ1) is 9.16. The fraction of sp³-hybridized carbons (Fsp3) is 1.00. The normalized spacial score (nSPS) is 63.5. The van der Waals surface area contributed by atoms with Gasteiger partial charge in [-0.1, -0.05) is 20.8 Å². The van der Waals surface area contributed by atoms with Gasteiger partial charge in [0.25, 0.3) is 10.1 Å². The smallest absolute Gasteiger partial charge is 0.266 e. The summed E-state index contributed by atoms with van der Waals surface area (Å²) in [6.45, 7) is 6.43. The van der Waals surface area contributed by atoms with Gasteiger partial charge in [-0.25, -0.2) is 0 Å². The van der Waals surface area contributed by atoms with E-state index in [0.29, 0.717) is 5.92 Å². The number of fused-ring (bicyclic) bond motifs is 1. The largest absolute Gasteiger partial charge is 0.271 e. The molecule has 0 amide bonds. The van der Waals surface area contributed by atoms with Gasteiger partial charge < -0.3 is 0 Å². The van der Waals surface area contributed by atoms with E-state index >= 15 is 0 Å². The van der Waals surface area contributed by atoms with E-state index in [2.05, 4.69) is 20.8 Å². The monoisotopic (exact) mass is 216 g/mol. The maximum atomic E-state index is 11.8. The standard InChI is InChI=1S/C10H16O3S/c1-6-8-10(3)5-9(6,2)4-7(10)14(11,12)13-8/h6-8H,4-5H2,1-3H3/t6?,7?,8?,9-,10?/m0/s1. The van der Waals surface area contributed by atoms with Crippen molar-refractivity contribution in [1.29, 1.82) is 0 Å². The quantitative estimate of drug-likeness (QED) is 0.577. The number of rotatable bonds is 0. The molecule has 5 atom stereocenters. The van der Waals surface area contributed by atoms with Crippen LogP contribution in [-0.4, -0.2) is 19.8 Å². The molecule has 4 heteroatoms. The van der Waals surface area contributed by atoms with Crippen LogP contribution in [0.25, 0.3) is 0 Å². The lowest BCUT2D eigenvalue weighted by atomic mass is 9.74. The minimum atomic E-state index is -3.26. The Morgan fingerprint density at radius 1 is 1.36 bits per heavy atom. The van der Waals surface area contributed by atoms with E-state index in [9.17, 15) is 8.42 Å². The van der Waals surface area contributed by atoms with Crippen molar-refractivity contribution >= 4 is 10.1 Å². The Bertz CT molecular complexity index is 402. The van der Waals surface area contributed by atoms with Crippen LogP contribution in [-0.2, 0) is 14.3 Å². The van der Waals surface area contributed by atoms with Crippen molar-refractivity contribution in [3.63, 3.8) is 0 Å². The van der Waals surface area contributed by atoms with Gasteiger partial charge in [0.2, 0.25) is 0 Å². The molecular formula is C10H16O3S. The van der Waals surface area contributed by atoms with Crippen molar-refractivity contribution in [2.75, 3.05) is 0 Å². The summed E-state index contributed by atoms with van der Waals surface area (Å²) in [6.07, 6.45) is 1.75. The maximum absolute atomic E-state index is 11.8. The lowest BCUT2D eigenvalue weighted by Crippen LogP contribution is -2.38. The molecule has 2 bridgehead atoms. The Morgan fingerprint density at radius 3 is 2.50 bits per heavy atom. The van der Waals surface area contributed by atoms with Gasteiger partial charge in [0, 0.05) is 5.41 Å². The second-order valence-electron chi connectivity index (χ2n) is 5.83. The van der Waals surface area contributed by atoms with E-state index < -0.39 is 10.1 Å². The highest BCUT2D eigenvalue weighted by atomic mass is 32.2. The maximum Gasteiger partial charge on any atom is 0.271 e. The fourth-order valence-corrected chi connectivity index (χ4v) is 6.39. The zero-order valence-corrected chi connectivity index (χ0v) is 9.60. The molecule has 2 saturated carbocycles. The van der Waals surface area contributed by atoms with E-state index in [4.69, 9.17) is 4.18 Å². The van der Waals surface area contributed by atoms with Crippen molar-refractivity contribution in [3.05, 3.63) is 0 Å². The van der Waals surface area contributed by atoms with Crippen LogP contribution in [0.2, 0.25) is 0 Å². The van der Waals surface area contributed by atoms with Crippen LogP contribution in [0.3, 0.4) is 0 Å². The molecule has 3 nitrogen and oxygen atoms in total. The second kappa shape index (κ2) is 2.05. The molecule has 0 aromatic heterocycles. The summed E-state index contributed by atoms with van der Waals surface area (Å²) < 4.78 is 28.8. The van der Waals surface area contributed by atoms with Crippen molar-refractivity contribution < 1.29 is 12.6 Å². The van der Waals surface area contributed by atoms with Crippen molar-refractivity contribution in [1.82, 2.24) is 0 Å². The molecule has 14 heavy (non-hydrogen) atoms. The molecule has 1 aliphatic heterocycles. The van der Waals surface area contributed by atoms with Crippen LogP contribution < -0.4 is 0 Å². The molecule has 3 rings (SSSR count). The highest BCUT2D eigenvalue weighted by Gasteiger charge is 2.73. The lowest BCUT2D eigenvalue weighted by molar-refractivity contribution is 0.0712. The van der Waals surface area contributed by atoms with Gasteiger partial charge in [0.05, 0.1) is 11.4 Å². The van der Waals surface area contributed by atoms with Crippen molar-refractivity contribution in [3.8, 4) is 0 Å². The predicted octanol–water partition coefficient (Wildman–Crippen LogP) is 1.54.